The molecule has 2 saturated heterocycles. The summed E-state index contributed by atoms with van der Waals surface area (Å²) >= 11 is 0. The van der Waals surface area contributed by atoms with E-state index in [1.165, 1.54) is 12.8 Å². The zero-order valence-electron chi connectivity index (χ0n) is 15.4. The van der Waals surface area contributed by atoms with Crippen molar-refractivity contribution in [3.05, 3.63) is 30.1 Å². The van der Waals surface area contributed by atoms with Gasteiger partial charge in [0.1, 0.15) is 6.10 Å². The number of carbonyl (C=O) groups is 1. The summed E-state index contributed by atoms with van der Waals surface area (Å²) in [6, 6.07) is 6.91. The number of hydrogen-bond donors (Lipinski definition) is 1. The smallest absolute Gasteiger partial charge is 0.250 e. The second-order valence-electron chi connectivity index (χ2n) is 7.25. The number of aromatic nitrogens is 1. The van der Waals surface area contributed by atoms with Crippen molar-refractivity contribution in [3.8, 4) is 0 Å². The SMILES string of the molecule is CC(C)N1CCC(N2CCO[C@@H](C(=O)NCc3ccccn3)C2)CC1. The minimum atomic E-state index is -0.374. The van der Waals surface area contributed by atoms with Gasteiger partial charge in [0, 0.05) is 31.4 Å². The summed E-state index contributed by atoms with van der Waals surface area (Å²) in [6.07, 6.45) is 3.73. The number of pyridine rings is 1. The van der Waals surface area contributed by atoms with Crippen molar-refractivity contribution in [3.63, 3.8) is 0 Å². The van der Waals surface area contributed by atoms with Crippen LogP contribution in [0.1, 0.15) is 32.4 Å². The molecule has 0 aliphatic carbocycles. The molecule has 2 aliphatic rings. The molecule has 0 bridgehead atoms. The zero-order chi connectivity index (χ0) is 17.6. The van der Waals surface area contributed by atoms with Gasteiger partial charge in [0.25, 0.3) is 5.91 Å². The average Bonchev–Trinajstić information content (AvgIpc) is 2.67. The molecule has 25 heavy (non-hydrogen) atoms. The lowest BCUT2D eigenvalue weighted by Crippen LogP contribution is -2.55. The summed E-state index contributed by atoms with van der Waals surface area (Å²) in [5.41, 5.74) is 0.865. The fourth-order valence-corrected chi connectivity index (χ4v) is 3.72. The van der Waals surface area contributed by atoms with Crippen LogP contribution >= 0.6 is 0 Å². The van der Waals surface area contributed by atoms with Gasteiger partial charge in [0.05, 0.1) is 18.8 Å². The molecule has 2 fully saturated rings. The van der Waals surface area contributed by atoms with Crippen LogP contribution in [0.15, 0.2) is 24.4 Å². The summed E-state index contributed by atoms with van der Waals surface area (Å²) in [6.45, 7) is 9.52. The first kappa shape index (κ1) is 18.3. The van der Waals surface area contributed by atoms with E-state index >= 15 is 0 Å². The third-order valence-corrected chi connectivity index (χ3v) is 5.31. The Bertz CT molecular complexity index is 544. The summed E-state index contributed by atoms with van der Waals surface area (Å²) < 4.78 is 5.72. The molecule has 1 aromatic heterocycles. The van der Waals surface area contributed by atoms with E-state index in [0.29, 0.717) is 31.8 Å². The molecular weight excluding hydrogens is 316 g/mol. The number of ether oxygens (including phenoxy) is 1. The molecule has 0 saturated carbocycles. The summed E-state index contributed by atoms with van der Waals surface area (Å²) in [5, 5.41) is 2.95. The lowest BCUT2D eigenvalue weighted by molar-refractivity contribution is -0.140. The Kier molecular flexibility index (Phi) is 6.39. The number of morpholine rings is 1. The van der Waals surface area contributed by atoms with E-state index in [-0.39, 0.29) is 12.0 Å². The molecule has 1 N–H and O–H groups in total. The molecule has 0 aromatic carbocycles. The van der Waals surface area contributed by atoms with Gasteiger partial charge < -0.3 is 15.0 Å². The van der Waals surface area contributed by atoms with Crippen molar-refractivity contribution in [1.82, 2.24) is 20.1 Å². The topological polar surface area (TPSA) is 57.7 Å². The van der Waals surface area contributed by atoms with Crippen LogP contribution in [0.3, 0.4) is 0 Å². The first-order valence-electron chi connectivity index (χ1n) is 9.41. The highest BCUT2D eigenvalue weighted by molar-refractivity contribution is 5.81. The quantitative estimate of drug-likeness (QED) is 0.870. The lowest BCUT2D eigenvalue weighted by Gasteiger charge is -2.42. The number of nitrogens with one attached hydrogen (secondary N) is 1. The number of amides is 1. The van der Waals surface area contributed by atoms with Crippen molar-refractivity contribution in [2.75, 3.05) is 32.8 Å². The van der Waals surface area contributed by atoms with Crippen LogP contribution in [0.25, 0.3) is 0 Å². The van der Waals surface area contributed by atoms with Gasteiger partial charge in [-0.15, -0.1) is 0 Å². The predicted molar refractivity (Wildman–Crippen MR) is 97.1 cm³/mol. The fourth-order valence-electron chi connectivity index (χ4n) is 3.72. The average molecular weight is 346 g/mol. The van der Waals surface area contributed by atoms with Crippen molar-refractivity contribution < 1.29 is 9.53 Å². The normalized spacial score (nSPS) is 23.7. The molecule has 0 spiro atoms. The van der Waals surface area contributed by atoms with E-state index in [1.54, 1.807) is 6.20 Å². The van der Waals surface area contributed by atoms with Gasteiger partial charge in [-0.2, -0.15) is 0 Å². The van der Waals surface area contributed by atoms with E-state index in [9.17, 15) is 4.79 Å². The zero-order valence-corrected chi connectivity index (χ0v) is 15.4. The van der Waals surface area contributed by atoms with Gasteiger partial charge in [-0.1, -0.05) is 6.07 Å². The van der Waals surface area contributed by atoms with Crippen molar-refractivity contribution >= 4 is 5.91 Å². The van der Waals surface area contributed by atoms with Crippen LogP contribution in [0.5, 0.6) is 0 Å². The summed E-state index contributed by atoms with van der Waals surface area (Å²) in [4.78, 5) is 21.7. The van der Waals surface area contributed by atoms with Gasteiger partial charge in [-0.25, -0.2) is 0 Å². The Labute approximate surface area is 150 Å². The van der Waals surface area contributed by atoms with Crippen LogP contribution in [-0.4, -0.2) is 71.7 Å². The monoisotopic (exact) mass is 346 g/mol. The molecular formula is C19H30N4O2. The minimum absolute atomic E-state index is 0.0324. The van der Waals surface area contributed by atoms with E-state index in [1.807, 2.05) is 18.2 Å². The molecule has 6 heteroatoms. The molecule has 1 atom stereocenters. The number of likely N-dealkylation sites (tertiary alicyclic amines) is 1. The van der Waals surface area contributed by atoms with Crippen LogP contribution < -0.4 is 5.32 Å². The van der Waals surface area contributed by atoms with Crippen LogP contribution in [0.4, 0.5) is 0 Å². The highest BCUT2D eigenvalue weighted by Gasteiger charge is 2.32. The highest BCUT2D eigenvalue weighted by Crippen LogP contribution is 2.20. The third-order valence-electron chi connectivity index (χ3n) is 5.31. The molecule has 6 nitrogen and oxygen atoms in total. The Balaban J connectivity index is 1.47. The number of carbonyl (C=O) groups excluding carboxylic acids is 1. The van der Waals surface area contributed by atoms with E-state index < -0.39 is 0 Å². The Morgan fingerprint density at radius 3 is 2.80 bits per heavy atom. The molecule has 3 heterocycles. The maximum Gasteiger partial charge on any atom is 0.250 e. The van der Waals surface area contributed by atoms with Gasteiger partial charge in [0.2, 0.25) is 0 Å². The Morgan fingerprint density at radius 1 is 1.32 bits per heavy atom. The molecule has 1 amide bonds. The van der Waals surface area contributed by atoms with Crippen LogP contribution in [0, 0.1) is 0 Å². The lowest BCUT2D eigenvalue weighted by atomic mass is 10.0. The highest BCUT2D eigenvalue weighted by atomic mass is 16.5. The number of rotatable bonds is 5. The maximum absolute atomic E-state index is 12.4. The largest absolute Gasteiger partial charge is 0.366 e. The van der Waals surface area contributed by atoms with Crippen LogP contribution in [-0.2, 0) is 16.1 Å². The van der Waals surface area contributed by atoms with Gasteiger partial charge in [-0.05, 0) is 51.9 Å². The second kappa shape index (κ2) is 8.74. The summed E-state index contributed by atoms with van der Waals surface area (Å²) in [7, 11) is 0. The summed E-state index contributed by atoms with van der Waals surface area (Å²) in [5.74, 6) is -0.0324. The molecule has 0 unspecified atom stereocenters. The minimum Gasteiger partial charge on any atom is -0.366 e. The number of nitrogens with zero attached hydrogens (tertiary/aromatic N) is 3. The second-order valence-corrected chi connectivity index (χ2v) is 7.25. The Morgan fingerprint density at radius 2 is 2.12 bits per heavy atom. The van der Waals surface area contributed by atoms with Gasteiger partial charge in [0.15, 0.2) is 0 Å². The van der Waals surface area contributed by atoms with E-state index in [0.717, 1.165) is 25.3 Å². The molecule has 1 aromatic rings. The number of hydrogen-bond acceptors (Lipinski definition) is 5. The third kappa shape index (κ3) is 5.00. The van der Waals surface area contributed by atoms with Gasteiger partial charge >= 0.3 is 0 Å². The van der Waals surface area contributed by atoms with Gasteiger partial charge in [-0.3, -0.25) is 14.7 Å². The first-order valence-corrected chi connectivity index (χ1v) is 9.41. The fraction of sp³-hybridized carbons (Fsp3) is 0.684. The first-order chi connectivity index (χ1) is 12.1. The predicted octanol–water partition coefficient (Wildman–Crippen LogP) is 1.27. The Hall–Kier alpha value is -1.50. The standard InChI is InChI=1S/C19H30N4O2/c1-15(2)22-9-6-17(7-10-22)23-11-12-25-18(14-23)19(24)21-13-16-5-3-4-8-20-16/h3-5,8,15,17-18H,6-7,9-14H2,1-2H3,(H,21,24)/t18-/m1/s1. The number of piperidine rings is 1. The van der Waals surface area contributed by atoms with Crippen molar-refractivity contribution in [1.29, 1.82) is 0 Å². The van der Waals surface area contributed by atoms with E-state index in [4.69, 9.17) is 4.74 Å². The van der Waals surface area contributed by atoms with Crippen molar-refractivity contribution in [2.45, 2.75) is 51.4 Å². The van der Waals surface area contributed by atoms with Crippen molar-refractivity contribution in [2.24, 2.45) is 0 Å². The van der Waals surface area contributed by atoms with Crippen LogP contribution in [0.2, 0.25) is 0 Å². The van der Waals surface area contributed by atoms with E-state index in [2.05, 4.69) is 33.9 Å². The molecule has 2 aliphatic heterocycles. The molecule has 0 radical (unpaired) electrons. The molecule has 138 valence electrons. The maximum atomic E-state index is 12.4. The molecule has 3 rings (SSSR count).